The maximum absolute atomic E-state index is 12.9. The summed E-state index contributed by atoms with van der Waals surface area (Å²) >= 11 is 0. The Bertz CT molecular complexity index is 775. The summed E-state index contributed by atoms with van der Waals surface area (Å²) in [6, 6.07) is 3.28. The summed E-state index contributed by atoms with van der Waals surface area (Å²) in [5.41, 5.74) is -0.770. The lowest BCUT2D eigenvalue weighted by Crippen LogP contribution is -2.18. The molecule has 10 heteroatoms. The monoisotopic (exact) mass is 373 g/mol. The van der Waals surface area contributed by atoms with E-state index in [4.69, 9.17) is 14.2 Å². The van der Waals surface area contributed by atoms with Crippen LogP contribution in [0.15, 0.2) is 18.2 Å². The SMILES string of the molecule is COCCOCc1nc(C(F)(F)F)ccc1C(=O)Oc1cc(C)nn1C. The fourth-order valence-electron chi connectivity index (χ4n) is 2.10. The van der Waals surface area contributed by atoms with E-state index in [-0.39, 0.29) is 37.0 Å². The molecule has 26 heavy (non-hydrogen) atoms. The van der Waals surface area contributed by atoms with Gasteiger partial charge in [-0.1, -0.05) is 0 Å². The van der Waals surface area contributed by atoms with Gasteiger partial charge in [0.2, 0.25) is 5.88 Å². The number of aryl methyl sites for hydroxylation is 2. The van der Waals surface area contributed by atoms with Crippen molar-refractivity contribution in [2.45, 2.75) is 19.7 Å². The van der Waals surface area contributed by atoms with Crippen molar-refractivity contribution in [2.24, 2.45) is 7.05 Å². The van der Waals surface area contributed by atoms with Crippen LogP contribution < -0.4 is 4.74 Å². The molecule has 0 saturated carbocycles. The van der Waals surface area contributed by atoms with E-state index in [9.17, 15) is 18.0 Å². The van der Waals surface area contributed by atoms with Crippen molar-refractivity contribution >= 4 is 5.97 Å². The van der Waals surface area contributed by atoms with Crippen molar-refractivity contribution in [1.82, 2.24) is 14.8 Å². The number of aromatic nitrogens is 3. The third-order valence-corrected chi connectivity index (χ3v) is 3.31. The topological polar surface area (TPSA) is 75.5 Å². The first-order chi connectivity index (χ1) is 12.2. The summed E-state index contributed by atoms with van der Waals surface area (Å²) in [5, 5.41) is 4.03. The van der Waals surface area contributed by atoms with Crippen LogP contribution in [0.25, 0.3) is 0 Å². The average Bonchev–Trinajstić information content (AvgIpc) is 2.88. The highest BCUT2D eigenvalue weighted by molar-refractivity contribution is 5.92. The molecule has 2 heterocycles. The zero-order valence-corrected chi connectivity index (χ0v) is 14.5. The summed E-state index contributed by atoms with van der Waals surface area (Å²) in [5.74, 6) is -0.682. The fourth-order valence-corrected chi connectivity index (χ4v) is 2.10. The number of carbonyl (C=O) groups is 1. The van der Waals surface area contributed by atoms with E-state index in [0.717, 1.165) is 12.1 Å². The number of alkyl halides is 3. The normalized spacial score (nSPS) is 11.6. The first-order valence-corrected chi connectivity index (χ1v) is 7.59. The van der Waals surface area contributed by atoms with Crippen LogP contribution in [0.5, 0.6) is 5.88 Å². The molecule has 2 aromatic rings. The molecular weight excluding hydrogens is 355 g/mol. The quantitative estimate of drug-likeness (QED) is 0.548. The molecule has 0 aliphatic rings. The predicted octanol–water partition coefficient (Wildman–Crippen LogP) is 2.52. The minimum Gasteiger partial charge on any atom is -0.404 e. The van der Waals surface area contributed by atoms with E-state index in [1.807, 2.05) is 0 Å². The summed E-state index contributed by atoms with van der Waals surface area (Å²) in [6.07, 6.45) is -4.64. The van der Waals surface area contributed by atoms with Crippen molar-refractivity contribution in [3.8, 4) is 5.88 Å². The molecule has 0 bridgehead atoms. The molecule has 0 fully saturated rings. The first-order valence-electron chi connectivity index (χ1n) is 7.59. The van der Waals surface area contributed by atoms with Crippen LogP contribution >= 0.6 is 0 Å². The van der Waals surface area contributed by atoms with Crippen LogP contribution in [-0.2, 0) is 29.3 Å². The number of halogens is 3. The maximum atomic E-state index is 12.9. The van der Waals surface area contributed by atoms with Crippen molar-refractivity contribution in [1.29, 1.82) is 0 Å². The lowest BCUT2D eigenvalue weighted by molar-refractivity contribution is -0.141. The number of nitrogens with zero attached hydrogens (tertiary/aromatic N) is 3. The summed E-state index contributed by atoms with van der Waals surface area (Å²) in [7, 11) is 3.04. The maximum Gasteiger partial charge on any atom is 0.433 e. The van der Waals surface area contributed by atoms with E-state index in [1.165, 1.54) is 17.9 Å². The smallest absolute Gasteiger partial charge is 0.404 e. The molecule has 0 amide bonds. The number of esters is 1. The van der Waals surface area contributed by atoms with Crippen molar-refractivity contribution in [3.63, 3.8) is 0 Å². The van der Waals surface area contributed by atoms with Crippen LogP contribution in [0, 0.1) is 6.92 Å². The molecular formula is C16H18F3N3O4. The number of hydrogen-bond acceptors (Lipinski definition) is 6. The highest BCUT2D eigenvalue weighted by atomic mass is 19.4. The number of rotatable bonds is 7. The molecule has 2 rings (SSSR count). The van der Waals surface area contributed by atoms with Gasteiger partial charge in [-0.25, -0.2) is 14.5 Å². The Labute approximate surface area is 147 Å². The average molecular weight is 373 g/mol. The van der Waals surface area contributed by atoms with Gasteiger partial charge in [-0.15, -0.1) is 0 Å². The van der Waals surface area contributed by atoms with Crippen LogP contribution in [0.1, 0.15) is 27.4 Å². The summed E-state index contributed by atoms with van der Waals surface area (Å²) < 4.78 is 55.3. The number of hydrogen-bond donors (Lipinski definition) is 0. The zero-order chi connectivity index (χ0) is 19.3. The number of methoxy groups -OCH3 is 1. The Kier molecular flexibility index (Phi) is 6.32. The van der Waals surface area contributed by atoms with Gasteiger partial charge in [0.05, 0.1) is 36.8 Å². The van der Waals surface area contributed by atoms with Gasteiger partial charge in [0, 0.05) is 20.2 Å². The molecule has 0 unspecified atom stereocenters. The van der Waals surface area contributed by atoms with E-state index in [0.29, 0.717) is 5.69 Å². The lowest BCUT2D eigenvalue weighted by Gasteiger charge is -2.12. The van der Waals surface area contributed by atoms with Gasteiger partial charge in [0.1, 0.15) is 5.69 Å². The predicted molar refractivity (Wildman–Crippen MR) is 83.7 cm³/mol. The van der Waals surface area contributed by atoms with Gasteiger partial charge in [-0.05, 0) is 19.1 Å². The summed E-state index contributed by atoms with van der Waals surface area (Å²) in [4.78, 5) is 15.9. The first kappa shape index (κ1) is 19.9. The number of ether oxygens (including phenoxy) is 3. The molecule has 0 aromatic carbocycles. The largest absolute Gasteiger partial charge is 0.433 e. The Morgan fingerprint density at radius 3 is 2.58 bits per heavy atom. The Morgan fingerprint density at radius 1 is 1.27 bits per heavy atom. The molecule has 0 aliphatic carbocycles. The minimum absolute atomic E-state index is 0.116. The third-order valence-electron chi connectivity index (χ3n) is 3.31. The third kappa shape index (κ3) is 5.02. The molecule has 0 atom stereocenters. The van der Waals surface area contributed by atoms with E-state index in [1.54, 1.807) is 14.0 Å². The molecule has 0 radical (unpaired) electrons. The zero-order valence-electron chi connectivity index (χ0n) is 14.5. The number of carbonyl (C=O) groups excluding carboxylic acids is 1. The molecule has 142 valence electrons. The number of pyridine rings is 1. The van der Waals surface area contributed by atoms with Crippen LogP contribution in [0.4, 0.5) is 13.2 Å². The molecule has 0 saturated heterocycles. The van der Waals surface area contributed by atoms with E-state index < -0.39 is 17.8 Å². The molecule has 7 nitrogen and oxygen atoms in total. The van der Waals surface area contributed by atoms with E-state index in [2.05, 4.69) is 10.1 Å². The van der Waals surface area contributed by atoms with Crippen LogP contribution in [-0.4, -0.2) is 41.1 Å². The Morgan fingerprint density at radius 2 is 2.00 bits per heavy atom. The van der Waals surface area contributed by atoms with Gasteiger partial charge < -0.3 is 14.2 Å². The molecule has 0 aliphatic heterocycles. The highest BCUT2D eigenvalue weighted by Crippen LogP contribution is 2.28. The van der Waals surface area contributed by atoms with Crippen LogP contribution in [0.3, 0.4) is 0 Å². The Balaban J connectivity index is 2.26. The standard InChI is InChI=1S/C16H18F3N3O4/c1-10-8-14(22(2)21-10)26-15(23)11-4-5-13(16(17,18)19)20-12(11)9-25-7-6-24-3/h4-5,8H,6-7,9H2,1-3H3. The second-order valence-electron chi connectivity index (χ2n) is 5.37. The van der Waals surface area contributed by atoms with Gasteiger partial charge in [-0.2, -0.15) is 18.3 Å². The second-order valence-corrected chi connectivity index (χ2v) is 5.37. The fraction of sp³-hybridized carbons (Fsp3) is 0.438. The minimum atomic E-state index is -4.64. The van der Waals surface area contributed by atoms with Crippen LogP contribution in [0.2, 0.25) is 0 Å². The molecule has 0 spiro atoms. The Hall–Kier alpha value is -2.46. The second kappa shape index (κ2) is 8.28. The van der Waals surface area contributed by atoms with E-state index >= 15 is 0 Å². The van der Waals surface area contributed by atoms with Gasteiger partial charge >= 0.3 is 12.1 Å². The lowest BCUT2D eigenvalue weighted by atomic mass is 10.1. The molecule has 0 N–H and O–H groups in total. The van der Waals surface area contributed by atoms with Gasteiger partial charge in [0.15, 0.2) is 0 Å². The molecule has 2 aromatic heterocycles. The van der Waals surface area contributed by atoms with Gasteiger partial charge in [-0.3, -0.25) is 0 Å². The summed E-state index contributed by atoms with van der Waals surface area (Å²) in [6.45, 7) is 1.82. The van der Waals surface area contributed by atoms with Crippen molar-refractivity contribution in [3.05, 3.63) is 40.8 Å². The highest BCUT2D eigenvalue weighted by Gasteiger charge is 2.33. The van der Waals surface area contributed by atoms with Crippen molar-refractivity contribution < 1.29 is 32.2 Å². The van der Waals surface area contributed by atoms with Gasteiger partial charge in [0.25, 0.3) is 0 Å². The van der Waals surface area contributed by atoms with Crippen molar-refractivity contribution in [2.75, 3.05) is 20.3 Å².